The fraction of sp³-hybridized carbons (Fsp3) is 0.545. The van der Waals surface area contributed by atoms with Crippen LogP contribution < -0.4 is 4.74 Å². The van der Waals surface area contributed by atoms with Crippen molar-refractivity contribution in [1.29, 1.82) is 0 Å². The molecule has 0 atom stereocenters. The van der Waals surface area contributed by atoms with Crippen LogP contribution in [0, 0.1) is 0 Å². The molecule has 0 aromatic heterocycles. The van der Waals surface area contributed by atoms with Crippen LogP contribution in [0.5, 0.6) is 5.75 Å². The Bertz CT molecular complexity index is 747. The molecule has 0 N–H and O–H groups in total. The summed E-state index contributed by atoms with van der Waals surface area (Å²) in [7, 11) is 0. The lowest BCUT2D eigenvalue weighted by atomic mass is 10.0. The normalized spacial score (nSPS) is 18.6. The average molecular weight is 386 g/mol. The molecule has 2 aliphatic rings. The van der Waals surface area contributed by atoms with Gasteiger partial charge in [-0.1, -0.05) is 26.0 Å². The van der Waals surface area contributed by atoms with E-state index in [1.165, 1.54) is 4.90 Å². The van der Waals surface area contributed by atoms with Gasteiger partial charge in [0.15, 0.2) is 0 Å². The predicted molar refractivity (Wildman–Crippen MR) is 110 cm³/mol. The maximum atomic E-state index is 13.1. The minimum atomic E-state index is -0.183. The number of carbonyl (C=O) groups excluding carboxylic acids is 2. The molecule has 3 rings (SSSR count). The van der Waals surface area contributed by atoms with Gasteiger partial charge < -0.3 is 14.5 Å². The molecule has 152 valence electrons. The van der Waals surface area contributed by atoms with Crippen LogP contribution in [0.2, 0.25) is 0 Å². The molecule has 0 unspecified atom stereocenters. The fourth-order valence-corrected chi connectivity index (χ4v) is 3.80. The second-order valence-corrected chi connectivity index (χ2v) is 7.60. The minimum absolute atomic E-state index is 0.0882. The molecule has 0 bridgehead atoms. The largest absolute Gasteiger partial charge is 0.491 e. The number of amides is 2. The number of rotatable bonds is 7. The average Bonchev–Trinajstić information content (AvgIpc) is 2.93. The molecule has 0 radical (unpaired) electrons. The highest BCUT2D eigenvalue weighted by Gasteiger charge is 2.41. The third-order valence-electron chi connectivity index (χ3n) is 5.24. The number of benzene rings is 1. The van der Waals surface area contributed by atoms with Crippen molar-refractivity contribution in [2.45, 2.75) is 40.2 Å². The van der Waals surface area contributed by atoms with Crippen LogP contribution in [0.25, 0.3) is 5.57 Å². The summed E-state index contributed by atoms with van der Waals surface area (Å²) in [5, 5.41) is 0. The number of nitrogens with zero attached hydrogens (tertiary/aromatic N) is 3. The van der Waals surface area contributed by atoms with Crippen LogP contribution in [0.1, 0.15) is 39.7 Å². The zero-order chi connectivity index (χ0) is 20.3. The minimum Gasteiger partial charge on any atom is -0.491 e. The zero-order valence-electron chi connectivity index (χ0n) is 17.4. The zero-order valence-corrected chi connectivity index (χ0v) is 17.4. The van der Waals surface area contributed by atoms with Gasteiger partial charge in [-0.15, -0.1) is 0 Å². The maximum Gasteiger partial charge on any atom is 0.277 e. The van der Waals surface area contributed by atoms with Crippen molar-refractivity contribution in [3.63, 3.8) is 0 Å². The van der Waals surface area contributed by atoms with Crippen molar-refractivity contribution in [3.05, 3.63) is 35.5 Å². The Balaban J connectivity index is 1.95. The molecule has 0 saturated carbocycles. The van der Waals surface area contributed by atoms with Gasteiger partial charge in [0.2, 0.25) is 0 Å². The molecule has 2 heterocycles. The Morgan fingerprint density at radius 2 is 1.61 bits per heavy atom. The van der Waals surface area contributed by atoms with Crippen LogP contribution in [-0.4, -0.2) is 71.9 Å². The van der Waals surface area contributed by atoms with Crippen molar-refractivity contribution < 1.29 is 14.3 Å². The number of imide groups is 1. The number of piperazine rings is 1. The molecule has 28 heavy (non-hydrogen) atoms. The summed E-state index contributed by atoms with van der Waals surface area (Å²) in [6, 6.07) is 7.51. The lowest BCUT2D eigenvalue weighted by molar-refractivity contribution is -0.137. The third kappa shape index (κ3) is 4.07. The van der Waals surface area contributed by atoms with Crippen LogP contribution >= 0.6 is 0 Å². The monoisotopic (exact) mass is 385 g/mol. The summed E-state index contributed by atoms with van der Waals surface area (Å²) in [5.41, 5.74) is 1.87. The lowest BCUT2D eigenvalue weighted by Crippen LogP contribution is -2.47. The molecular formula is C22H31N3O3. The summed E-state index contributed by atoms with van der Waals surface area (Å²) >= 11 is 0. The van der Waals surface area contributed by atoms with E-state index < -0.39 is 0 Å². The van der Waals surface area contributed by atoms with E-state index in [-0.39, 0.29) is 17.9 Å². The number of carbonyl (C=O) groups is 2. The molecule has 2 amide bonds. The molecule has 0 spiro atoms. The van der Waals surface area contributed by atoms with E-state index >= 15 is 0 Å². The molecule has 6 heteroatoms. The quantitative estimate of drug-likeness (QED) is 0.676. The van der Waals surface area contributed by atoms with E-state index in [1.54, 1.807) is 0 Å². The Labute approximate surface area is 167 Å². The first kappa shape index (κ1) is 20.4. The molecule has 1 fully saturated rings. The first-order valence-corrected chi connectivity index (χ1v) is 10.3. The van der Waals surface area contributed by atoms with Crippen molar-refractivity contribution in [3.8, 4) is 5.75 Å². The van der Waals surface area contributed by atoms with E-state index in [9.17, 15) is 9.59 Å². The molecule has 6 nitrogen and oxygen atoms in total. The highest BCUT2D eigenvalue weighted by molar-refractivity contribution is 6.35. The Kier molecular flexibility index (Phi) is 6.39. The van der Waals surface area contributed by atoms with Crippen LogP contribution in [0.3, 0.4) is 0 Å². The predicted octanol–water partition coefficient (Wildman–Crippen LogP) is 2.60. The lowest BCUT2D eigenvalue weighted by Gasteiger charge is -2.36. The van der Waals surface area contributed by atoms with Gasteiger partial charge in [0, 0.05) is 32.7 Å². The highest BCUT2D eigenvalue weighted by atomic mass is 16.5. The third-order valence-corrected chi connectivity index (χ3v) is 5.24. The number of hydrogen-bond acceptors (Lipinski definition) is 5. The van der Waals surface area contributed by atoms with E-state index in [4.69, 9.17) is 4.74 Å². The van der Waals surface area contributed by atoms with Crippen molar-refractivity contribution in [2.75, 3.05) is 39.3 Å². The molecule has 1 saturated heterocycles. The van der Waals surface area contributed by atoms with Crippen LogP contribution in [0.4, 0.5) is 0 Å². The SMILES string of the molecule is CCCN1C(=O)C(c2ccc(OC(C)C)cc2)=C(N2CCN(CC)CC2)C1=O. The standard InChI is InChI=1S/C22H31N3O3/c1-5-11-25-21(26)19(17-7-9-18(10-8-17)28-16(3)4)20(22(25)27)24-14-12-23(6-2)13-15-24/h7-10,16H,5-6,11-15H2,1-4H3. The molecule has 2 aliphatic heterocycles. The summed E-state index contributed by atoms with van der Waals surface area (Å²) < 4.78 is 5.71. The van der Waals surface area contributed by atoms with Gasteiger partial charge >= 0.3 is 0 Å². The summed E-state index contributed by atoms with van der Waals surface area (Å²) in [4.78, 5) is 32.1. The second-order valence-electron chi connectivity index (χ2n) is 7.60. The molecule has 0 aliphatic carbocycles. The van der Waals surface area contributed by atoms with Gasteiger partial charge in [0.05, 0.1) is 11.7 Å². The van der Waals surface area contributed by atoms with Gasteiger partial charge in [-0.05, 0) is 44.5 Å². The topological polar surface area (TPSA) is 53.1 Å². The number of likely N-dealkylation sites (N-methyl/N-ethyl adjacent to an activating group) is 1. The molecular weight excluding hydrogens is 354 g/mol. The highest BCUT2D eigenvalue weighted by Crippen LogP contribution is 2.33. The Hall–Kier alpha value is -2.34. The summed E-state index contributed by atoms with van der Waals surface area (Å²) in [6.07, 6.45) is 0.841. The summed E-state index contributed by atoms with van der Waals surface area (Å²) in [6.45, 7) is 12.9. The Morgan fingerprint density at radius 1 is 0.964 bits per heavy atom. The van der Waals surface area contributed by atoms with Crippen molar-refractivity contribution >= 4 is 17.4 Å². The van der Waals surface area contributed by atoms with E-state index in [0.29, 0.717) is 17.8 Å². The Morgan fingerprint density at radius 3 is 2.14 bits per heavy atom. The first-order chi connectivity index (χ1) is 13.5. The van der Waals surface area contributed by atoms with Crippen LogP contribution in [0.15, 0.2) is 30.0 Å². The first-order valence-electron chi connectivity index (χ1n) is 10.3. The van der Waals surface area contributed by atoms with Crippen molar-refractivity contribution in [1.82, 2.24) is 14.7 Å². The molecule has 1 aromatic rings. The van der Waals surface area contributed by atoms with Gasteiger partial charge in [-0.25, -0.2) is 0 Å². The number of hydrogen-bond donors (Lipinski definition) is 0. The van der Waals surface area contributed by atoms with E-state index in [2.05, 4.69) is 16.7 Å². The smallest absolute Gasteiger partial charge is 0.277 e. The number of ether oxygens (including phenoxy) is 1. The molecule has 1 aromatic carbocycles. The van der Waals surface area contributed by atoms with Gasteiger partial charge in [-0.2, -0.15) is 0 Å². The summed E-state index contributed by atoms with van der Waals surface area (Å²) in [5.74, 6) is 0.422. The van der Waals surface area contributed by atoms with Crippen molar-refractivity contribution in [2.24, 2.45) is 0 Å². The van der Waals surface area contributed by atoms with Gasteiger partial charge in [0.25, 0.3) is 11.8 Å². The fourth-order valence-electron chi connectivity index (χ4n) is 3.80. The maximum absolute atomic E-state index is 13.1. The van der Waals surface area contributed by atoms with Gasteiger partial charge in [0.1, 0.15) is 11.4 Å². The van der Waals surface area contributed by atoms with E-state index in [0.717, 1.165) is 50.5 Å². The second kappa shape index (κ2) is 8.78. The van der Waals surface area contributed by atoms with E-state index in [1.807, 2.05) is 45.0 Å². The van der Waals surface area contributed by atoms with Crippen LogP contribution in [-0.2, 0) is 9.59 Å². The van der Waals surface area contributed by atoms with Gasteiger partial charge in [-0.3, -0.25) is 14.5 Å².